The van der Waals surface area contributed by atoms with E-state index in [4.69, 9.17) is 14.9 Å². The predicted molar refractivity (Wildman–Crippen MR) is 47.0 cm³/mol. The first-order chi connectivity index (χ1) is 6.34. The van der Waals surface area contributed by atoms with Gasteiger partial charge in [0, 0.05) is 13.1 Å². The first kappa shape index (κ1) is 8.52. The van der Waals surface area contributed by atoms with Gasteiger partial charge in [0.25, 0.3) is 0 Å². The fourth-order valence-corrected chi connectivity index (χ4v) is 1.35. The highest BCUT2D eigenvalue weighted by Crippen LogP contribution is 2.07. The standard InChI is InChI=1S/C8H13N3O2/c9-7-6-13-8(10-7)5-11-1-3-12-4-2-11/h6H,1-5,9H2. The number of aromatic nitrogens is 1. The van der Waals surface area contributed by atoms with Crippen molar-refractivity contribution in [2.24, 2.45) is 0 Å². The van der Waals surface area contributed by atoms with Crippen LogP contribution in [0, 0.1) is 0 Å². The van der Waals surface area contributed by atoms with Gasteiger partial charge in [-0.25, -0.2) is 0 Å². The summed E-state index contributed by atoms with van der Waals surface area (Å²) in [6.45, 7) is 4.16. The smallest absolute Gasteiger partial charge is 0.210 e. The van der Waals surface area contributed by atoms with E-state index in [0.29, 0.717) is 11.7 Å². The number of hydrogen-bond acceptors (Lipinski definition) is 5. The van der Waals surface area contributed by atoms with E-state index in [1.807, 2.05) is 0 Å². The van der Waals surface area contributed by atoms with Crippen LogP contribution in [0.1, 0.15) is 5.89 Å². The van der Waals surface area contributed by atoms with Crippen LogP contribution in [-0.2, 0) is 11.3 Å². The number of nitrogens with zero attached hydrogens (tertiary/aromatic N) is 2. The predicted octanol–water partition coefficient (Wildman–Crippen LogP) is 0.0890. The Morgan fingerprint density at radius 3 is 2.85 bits per heavy atom. The SMILES string of the molecule is Nc1coc(CN2CCOCC2)n1. The van der Waals surface area contributed by atoms with Crippen LogP contribution in [0.2, 0.25) is 0 Å². The summed E-state index contributed by atoms with van der Waals surface area (Å²) in [5.41, 5.74) is 5.44. The molecule has 2 heterocycles. The average Bonchev–Trinajstić information content (AvgIpc) is 2.53. The molecule has 1 aromatic rings. The van der Waals surface area contributed by atoms with E-state index in [0.717, 1.165) is 32.8 Å². The quantitative estimate of drug-likeness (QED) is 0.704. The molecule has 72 valence electrons. The Labute approximate surface area is 76.5 Å². The maximum Gasteiger partial charge on any atom is 0.210 e. The normalized spacial score (nSPS) is 19.1. The molecule has 0 amide bonds. The first-order valence-electron chi connectivity index (χ1n) is 4.34. The Bertz CT molecular complexity index is 268. The third-order valence-corrected chi connectivity index (χ3v) is 2.03. The second-order valence-corrected chi connectivity index (χ2v) is 3.05. The molecule has 1 saturated heterocycles. The summed E-state index contributed by atoms with van der Waals surface area (Å²) in [5, 5.41) is 0. The number of oxazole rings is 1. The summed E-state index contributed by atoms with van der Waals surface area (Å²) in [5.74, 6) is 1.13. The second-order valence-electron chi connectivity index (χ2n) is 3.05. The number of morpholine rings is 1. The van der Waals surface area contributed by atoms with E-state index >= 15 is 0 Å². The van der Waals surface area contributed by atoms with Gasteiger partial charge < -0.3 is 14.9 Å². The lowest BCUT2D eigenvalue weighted by molar-refractivity contribution is 0.0306. The van der Waals surface area contributed by atoms with Crippen LogP contribution >= 0.6 is 0 Å². The average molecular weight is 183 g/mol. The Balaban J connectivity index is 1.89. The molecule has 0 bridgehead atoms. The summed E-state index contributed by atoms with van der Waals surface area (Å²) >= 11 is 0. The zero-order valence-corrected chi connectivity index (χ0v) is 7.40. The Kier molecular flexibility index (Phi) is 2.47. The van der Waals surface area contributed by atoms with E-state index in [2.05, 4.69) is 9.88 Å². The van der Waals surface area contributed by atoms with Gasteiger partial charge in [0.15, 0.2) is 5.82 Å². The molecule has 13 heavy (non-hydrogen) atoms. The molecule has 0 aliphatic carbocycles. The number of hydrogen-bond donors (Lipinski definition) is 1. The molecule has 5 nitrogen and oxygen atoms in total. The van der Waals surface area contributed by atoms with E-state index in [-0.39, 0.29) is 0 Å². The van der Waals surface area contributed by atoms with E-state index in [1.54, 1.807) is 0 Å². The molecule has 2 N–H and O–H groups in total. The highest BCUT2D eigenvalue weighted by molar-refractivity contribution is 5.21. The molecule has 0 aromatic carbocycles. The van der Waals surface area contributed by atoms with Gasteiger partial charge in [0.05, 0.1) is 19.8 Å². The third-order valence-electron chi connectivity index (χ3n) is 2.03. The minimum absolute atomic E-state index is 0.447. The molecule has 0 radical (unpaired) electrons. The van der Waals surface area contributed by atoms with Gasteiger partial charge in [0.2, 0.25) is 5.89 Å². The van der Waals surface area contributed by atoms with Crippen LogP contribution in [-0.4, -0.2) is 36.2 Å². The minimum Gasteiger partial charge on any atom is -0.445 e. The maximum absolute atomic E-state index is 5.44. The van der Waals surface area contributed by atoms with Gasteiger partial charge in [-0.3, -0.25) is 4.90 Å². The molecule has 0 atom stereocenters. The van der Waals surface area contributed by atoms with Crippen LogP contribution in [0.25, 0.3) is 0 Å². The van der Waals surface area contributed by atoms with Crippen LogP contribution in [0.3, 0.4) is 0 Å². The molecule has 5 heteroatoms. The second kappa shape index (κ2) is 3.76. The molecular weight excluding hydrogens is 170 g/mol. The maximum atomic E-state index is 5.44. The Morgan fingerprint density at radius 2 is 2.23 bits per heavy atom. The monoisotopic (exact) mass is 183 g/mol. The molecule has 1 fully saturated rings. The number of ether oxygens (including phenoxy) is 1. The summed E-state index contributed by atoms with van der Waals surface area (Å²) in [7, 11) is 0. The van der Waals surface area contributed by atoms with Crippen molar-refractivity contribution in [2.45, 2.75) is 6.54 Å². The van der Waals surface area contributed by atoms with Gasteiger partial charge in [-0.2, -0.15) is 4.98 Å². The molecule has 2 rings (SSSR count). The van der Waals surface area contributed by atoms with Crippen molar-refractivity contribution >= 4 is 5.82 Å². The zero-order chi connectivity index (χ0) is 9.10. The fraction of sp³-hybridized carbons (Fsp3) is 0.625. The minimum atomic E-state index is 0.447. The van der Waals surface area contributed by atoms with Gasteiger partial charge in [0.1, 0.15) is 6.26 Å². The molecule has 1 aliphatic heterocycles. The molecule has 1 aliphatic rings. The molecule has 0 saturated carbocycles. The summed E-state index contributed by atoms with van der Waals surface area (Å²) in [6, 6.07) is 0. The molecule has 0 unspecified atom stereocenters. The Morgan fingerprint density at radius 1 is 1.46 bits per heavy atom. The number of rotatable bonds is 2. The number of anilines is 1. The molecule has 1 aromatic heterocycles. The third kappa shape index (κ3) is 2.19. The van der Waals surface area contributed by atoms with Crippen LogP contribution in [0.15, 0.2) is 10.7 Å². The van der Waals surface area contributed by atoms with Crippen LogP contribution in [0.4, 0.5) is 5.82 Å². The van der Waals surface area contributed by atoms with Gasteiger partial charge in [-0.15, -0.1) is 0 Å². The van der Waals surface area contributed by atoms with Crippen molar-refractivity contribution in [3.8, 4) is 0 Å². The van der Waals surface area contributed by atoms with Crippen molar-refractivity contribution in [1.29, 1.82) is 0 Å². The largest absolute Gasteiger partial charge is 0.445 e. The lowest BCUT2D eigenvalue weighted by Crippen LogP contribution is -2.35. The van der Waals surface area contributed by atoms with Gasteiger partial charge in [-0.1, -0.05) is 0 Å². The van der Waals surface area contributed by atoms with E-state index in [1.165, 1.54) is 6.26 Å². The number of nitrogen functional groups attached to an aromatic ring is 1. The molecule has 0 spiro atoms. The van der Waals surface area contributed by atoms with E-state index in [9.17, 15) is 0 Å². The van der Waals surface area contributed by atoms with Crippen molar-refractivity contribution in [1.82, 2.24) is 9.88 Å². The van der Waals surface area contributed by atoms with Crippen LogP contribution < -0.4 is 5.73 Å². The summed E-state index contributed by atoms with van der Waals surface area (Å²) in [4.78, 5) is 6.26. The van der Waals surface area contributed by atoms with Crippen molar-refractivity contribution in [3.63, 3.8) is 0 Å². The zero-order valence-electron chi connectivity index (χ0n) is 7.40. The van der Waals surface area contributed by atoms with Crippen molar-refractivity contribution in [2.75, 3.05) is 32.0 Å². The van der Waals surface area contributed by atoms with Crippen LogP contribution in [0.5, 0.6) is 0 Å². The number of nitrogens with two attached hydrogens (primary N) is 1. The summed E-state index contributed by atoms with van der Waals surface area (Å²) < 4.78 is 10.4. The highest BCUT2D eigenvalue weighted by Gasteiger charge is 2.12. The summed E-state index contributed by atoms with van der Waals surface area (Å²) in [6.07, 6.45) is 1.47. The van der Waals surface area contributed by atoms with Gasteiger partial charge in [-0.05, 0) is 0 Å². The first-order valence-corrected chi connectivity index (χ1v) is 4.34. The van der Waals surface area contributed by atoms with E-state index < -0.39 is 0 Å². The van der Waals surface area contributed by atoms with Gasteiger partial charge >= 0.3 is 0 Å². The topological polar surface area (TPSA) is 64.5 Å². The lowest BCUT2D eigenvalue weighted by atomic mass is 10.4. The van der Waals surface area contributed by atoms with Crippen molar-refractivity contribution in [3.05, 3.63) is 12.2 Å². The van der Waals surface area contributed by atoms with Crippen molar-refractivity contribution < 1.29 is 9.15 Å². The molecular formula is C8H13N3O2. The fourth-order valence-electron chi connectivity index (χ4n) is 1.35. The lowest BCUT2D eigenvalue weighted by Gasteiger charge is -2.24. The Hall–Kier alpha value is -1.07. The highest BCUT2D eigenvalue weighted by atomic mass is 16.5.